The Labute approximate surface area is 115 Å². The van der Waals surface area contributed by atoms with Gasteiger partial charge in [-0.2, -0.15) is 13.2 Å². The number of hydrogen-bond donors (Lipinski definition) is 1. The molecule has 110 valence electrons. The SMILES string of the molecule is FC(F)(F)c1ccc(NC2CCN(C3CC3)CC2)nn1. The molecule has 7 heteroatoms. The summed E-state index contributed by atoms with van der Waals surface area (Å²) in [5.41, 5.74) is -0.952. The van der Waals surface area contributed by atoms with Crippen molar-refractivity contribution in [2.24, 2.45) is 0 Å². The molecule has 20 heavy (non-hydrogen) atoms. The molecule has 0 aromatic carbocycles. The average molecular weight is 286 g/mol. The van der Waals surface area contributed by atoms with Crippen molar-refractivity contribution in [1.82, 2.24) is 15.1 Å². The van der Waals surface area contributed by atoms with E-state index in [9.17, 15) is 13.2 Å². The van der Waals surface area contributed by atoms with Crippen LogP contribution in [0.3, 0.4) is 0 Å². The molecule has 1 N–H and O–H groups in total. The van der Waals surface area contributed by atoms with E-state index in [1.165, 1.54) is 18.9 Å². The first-order valence-electron chi connectivity index (χ1n) is 6.94. The van der Waals surface area contributed by atoms with Gasteiger partial charge in [0.1, 0.15) is 5.82 Å². The highest BCUT2D eigenvalue weighted by Crippen LogP contribution is 2.30. The molecule has 1 saturated heterocycles. The summed E-state index contributed by atoms with van der Waals surface area (Å²) in [6.07, 6.45) is 0.185. The molecule has 0 bridgehead atoms. The molecule has 4 nitrogen and oxygen atoms in total. The number of halogens is 3. The second-order valence-corrected chi connectivity index (χ2v) is 5.49. The first-order valence-corrected chi connectivity index (χ1v) is 6.94. The average Bonchev–Trinajstić information content (AvgIpc) is 3.24. The molecule has 2 fully saturated rings. The molecule has 2 heterocycles. The van der Waals surface area contributed by atoms with Crippen LogP contribution in [0.2, 0.25) is 0 Å². The number of aromatic nitrogens is 2. The van der Waals surface area contributed by atoms with E-state index in [2.05, 4.69) is 20.4 Å². The minimum absolute atomic E-state index is 0.274. The molecule has 0 radical (unpaired) electrons. The summed E-state index contributed by atoms with van der Waals surface area (Å²) in [5.74, 6) is 0.419. The van der Waals surface area contributed by atoms with Gasteiger partial charge in [0.05, 0.1) is 0 Å². The maximum absolute atomic E-state index is 12.4. The van der Waals surface area contributed by atoms with Gasteiger partial charge in [-0.15, -0.1) is 10.2 Å². The van der Waals surface area contributed by atoms with Crippen molar-refractivity contribution in [3.05, 3.63) is 17.8 Å². The minimum atomic E-state index is -4.43. The first kappa shape index (κ1) is 13.6. The van der Waals surface area contributed by atoms with Crippen LogP contribution in [0, 0.1) is 0 Å². The Morgan fingerprint density at radius 2 is 1.75 bits per heavy atom. The van der Waals surface area contributed by atoms with Crippen molar-refractivity contribution < 1.29 is 13.2 Å². The molecule has 1 aliphatic heterocycles. The summed E-state index contributed by atoms with van der Waals surface area (Å²) >= 11 is 0. The first-order chi connectivity index (χ1) is 9.52. The fourth-order valence-electron chi connectivity index (χ4n) is 2.62. The molecule has 1 aromatic rings. The Kier molecular flexibility index (Phi) is 3.54. The fraction of sp³-hybridized carbons (Fsp3) is 0.692. The smallest absolute Gasteiger partial charge is 0.366 e. The Balaban J connectivity index is 1.53. The number of anilines is 1. The predicted octanol–water partition coefficient (Wildman–Crippen LogP) is 2.53. The predicted molar refractivity (Wildman–Crippen MR) is 68.3 cm³/mol. The van der Waals surface area contributed by atoms with Crippen molar-refractivity contribution in [3.63, 3.8) is 0 Å². The van der Waals surface area contributed by atoms with Crippen molar-refractivity contribution in [3.8, 4) is 0 Å². The lowest BCUT2D eigenvalue weighted by Gasteiger charge is -2.32. The highest BCUT2D eigenvalue weighted by molar-refractivity contribution is 5.34. The molecule has 0 amide bonds. The number of likely N-dealkylation sites (tertiary alicyclic amines) is 1. The molecular weight excluding hydrogens is 269 g/mol. The third kappa shape index (κ3) is 3.20. The number of piperidine rings is 1. The molecule has 1 saturated carbocycles. The van der Waals surface area contributed by atoms with Crippen LogP contribution in [0.4, 0.5) is 19.0 Å². The standard InChI is InChI=1S/C13H17F3N4/c14-13(15,16)11-3-4-12(19-18-11)17-9-5-7-20(8-6-9)10-1-2-10/h3-4,9-10H,1-2,5-8H2,(H,17,19). The van der Waals surface area contributed by atoms with Crippen LogP contribution in [-0.2, 0) is 6.18 Å². The third-order valence-corrected chi connectivity index (χ3v) is 3.90. The van der Waals surface area contributed by atoms with E-state index in [0.29, 0.717) is 5.82 Å². The normalized spacial score (nSPS) is 21.9. The van der Waals surface area contributed by atoms with Crippen molar-refractivity contribution in [2.45, 2.75) is 43.9 Å². The lowest BCUT2D eigenvalue weighted by atomic mass is 10.0. The van der Waals surface area contributed by atoms with E-state index in [-0.39, 0.29) is 6.04 Å². The second-order valence-electron chi connectivity index (χ2n) is 5.49. The van der Waals surface area contributed by atoms with Crippen LogP contribution in [-0.4, -0.2) is 40.3 Å². The van der Waals surface area contributed by atoms with E-state index >= 15 is 0 Å². The van der Waals surface area contributed by atoms with Crippen molar-refractivity contribution in [1.29, 1.82) is 0 Å². The van der Waals surface area contributed by atoms with Gasteiger partial charge in [0.15, 0.2) is 5.69 Å². The van der Waals surface area contributed by atoms with Gasteiger partial charge in [-0.05, 0) is 37.8 Å². The summed E-state index contributed by atoms with van der Waals surface area (Å²) in [5, 5.41) is 10.0. The largest absolute Gasteiger partial charge is 0.435 e. The van der Waals surface area contributed by atoms with Gasteiger partial charge < -0.3 is 10.2 Å². The second kappa shape index (κ2) is 5.20. The topological polar surface area (TPSA) is 41.0 Å². The van der Waals surface area contributed by atoms with Crippen molar-refractivity contribution in [2.75, 3.05) is 18.4 Å². The number of nitrogens with one attached hydrogen (secondary N) is 1. The zero-order valence-electron chi connectivity index (χ0n) is 11.0. The van der Waals surface area contributed by atoms with Gasteiger partial charge in [0, 0.05) is 25.2 Å². The summed E-state index contributed by atoms with van der Waals surface area (Å²) in [7, 11) is 0. The van der Waals surface area contributed by atoms with E-state index in [1.54, 1.807) is 0 Å². The number of hydrogen-bond acceptors (Lipinski definition) is 4. The van der Waals surface area contributed by atoms with E-state index < -0.39 is 11.9 Å². The van der Waals surface area contributed by atoms with Gasteiger partial charge in [0.25, 0.3) is 0 Å². The maximum Gasteiger partial charge on any atom is 0.435 e. The van der Waals surface area contributed by atoms with Gasteiger partial charge in [-0.3, -0.25) is 0 Å². The minimum Gasteiger partial charge on any atom is -0.366 e. The van der Waals surface area contributed by atoms with Crippen LogP contribution in [0.25, 0.3) is 0 Å². The summed E-state index contributed by atoms with van der Waals surface area (Å²) in [6, 6.07) is 3.37. The molecule has 2 aliphatic rings. The molecule has 1 aromatic heterocycles. The Hall–Kier alpha value is -1.37. The maximum atomic E-state index is 12.4. The fourth-order valence-corrected chi connectivity index (χ4v) is 2.62. The number of rotatable bonds is 3. The Morgan fingerprint density at radius 3 is 2.25 bits per heavy atom. The Bertz CT molecular complexity index is 448. The van der Waals surface area contributed by atoms with E-state index in [1.807, 2.05) is 0 Å². The summed E-state index contributed by atoms with van der Waals surface area (Å²) < 4.78 is 37.1. The van der Waals surface area contributed by atoms with Crippen LogP contribution in [0.15, 0.2) is 12.1 Å². The third-order valence-electron chi connectivity index (χ3n) is 3.90. The number of alkyl halides is 3. The lowest BCUT2D eigenvalue weighted by Crippen LogP contribution is -2.40. The van der Waals surface area contributed by atoms with Crippen molar-refractivity contribution >= 4 is 5.82 Å². The van der Waals surface area contributed by atoms with Gasteiger partial charge in [-0.1, -0.05) is 0 Å². The van der Waals surface area contributed by atoms with Crippen LogP contribution in [0.1, 0.15) is 31.4 Å². The molecule has 0 unspecified atom stereocenters. The zero-order chi connectivity index (χ0) is 14.2. The van der Waals surface area contributed by atoms with Crippen LogP contribution < -0.4 is 5.32 Å². The highest BCUT2D eigenvalue weighted by Gasteiger charge is 2.33. The van der Waals surface area contributed by atoms with Gasteiger partial charge >= 0.3 is 6.18 Å². The number of nitrogens with zero attached hydrogens (tertiary/aromatic N) is 3. The van der Waals surface area contributed by atoms with Gasteiger partial charge in [-0.25, -0.2) is 0 Å². The summed E-state index contributed by atoms with van der Waals surface area (Å²) in [6.45, 7) is 2.10. The monoisotopic (exact) mass is 286 g/mol. The molecular formula is C13H17F3N4. The molecule has 0 atom stereocenters. The molecule has 3 rings (SSSR count). The highest BCUT2D eigenvalue weighted by atomic mass is 19.4. The molecule has 0 spiro atoms. The Morgan fingerprint density at radius 1 is 1.05 bits per heavy atom. The lowest BCUT2D eigenvalue weighted by molar-refractivity contribution is -0.141. The quantitative estimate of drug-likeness (QED) is 0.927. The van der Waals surface area contributed by atoms with Crippen LogP contribution >= 0.6 is 0 Å². The summed E-state index contributed by atoms with van der Waals surface area (Å²) in [4.78, 5) is 2.50. The van der Waals surface area contributed by atoms with E-state index in [0.717, 1.165) is 38.0 Å². The zero-order valence-corrected chi connectivity index (χ0v) is 11.0. The van der Waals surface area contributed by atoms with E-state index in [4.69, 9.17) is 0 Å². The molecule has 1 aliphatic carbocycles. The van der Waals surface area contributed by atoms with Gasteiger partial charge in [0.2, 0.25) is 0 Å². The van der Waals surface area contributed by atoms with Crippen LogP contribution in [0.5, 0.6) is 0 Å².